The summed E-state index contributed by atoms with van der Waals surface area (Å²) in [4.78, 5) is 0.254. The van der Waals surface area contributed by atoms with Gasteiger partial charge in [0.15, 0.2) is 5.11 Å². The van der Waals surface area contributed by atoms with E-state index in [-0.39, 0.29) is 4.90 Å². The number of hydrogen-bond acceptors (Lipinski definition) is 5. The molecule has 7 nitrogen and oxygen atoms in total. The minimum Gasteiger partial charge on any atom is -0.379 e. The number of thiocarbonyl (C=S) groups is 1. The SMILES string of the molecule is CC(=NNC(=S)Nc1ccc(S(=O)(=O)N2CCOCC2)cc1)c1ccc(C2CCCCC2)cc1. The summed E-state index contributed by atoms with van der Waals surface area (Å²) in [6.07, 6.45) is 6.58. The topological polar surface area (TPSA) is 83.0 Å². The summed E-state index contributed by atoms with van der Waals surface area (Å²) in [7, 11) is -3.51. The molecule has 0 unspecified atom stereocenters. The fourth-order valence-corrected chi connectivity index (χ4v) is 6.01. The summed E-state index contributed by atoms with van der Waals surface area (Å²) in [5, 5.41) is 7.78. The van der Waals surface area contributed by atoms with Gasteiger partial charge in [-0.15, -0.1) is 0 Å². The van der Waals surface area contributed by atoms with E-state index in [4.69, 9.17) is 17.0 Å². The minimum atomic E-state index is -3.51. The van der Waals surface area contributed by atoms with Crippen molar-refractivity contribution in [2.24, 2.45) is 5.10 Å². The van der Waals surface area contributed by atoms with E-state index < -0.39 is 10.0 Å². The molecule has 0 atom stereocenters. The lowest BCUT2D eigenvalue weighted by atomic mass is 9.84. The molecule has 2 aromatic rings. The first-order chi connectivity index (χ1) is 16.4. The molecule has 1 heterocycles. The molecule has 1 saturated carbocycles. The Bertz CT molecular complexity index is 1100. The Kier molecular flexibility index (Phi) is 8.31. The van der Waals surface area contributed by atoms with E-state index in [2.05, 4.69) is 40.1 Å². The second-order valence-corrected chi connectivity index (χ2v) is 11.1. The zero-order valence-corrected chi connectivity index (χ0v) is 21.1. The molecule has 2 N–H and O–H groups in total. The van der Waals surface area contributed by atoms with Crippen LogP contribution in [0.1, 0.15) is 56.1 Å². The van der Waals surface area contributed by atoms with Gasteiger partial charge in [-0.25, -0.2) is 8.42 Å². The van der Waals surface area contributed by atoms with Gasteiger partial charge in [-0.05, 0) is 73.3 Å². The largest absolute Gasteiger partial charge is 0.379 e. The summed E-state index contributed by atoms with van der Waals surface area (Å²) >= 11 is 5.35. The number of nitrogens with zero attached hydrogens (tertiary/aromatic N) is 2. The Balaban J connectivity index is 1.31. The monoisotopic (exact) mass is 500 g/mol. The lowest BCUT2D eigenvalue weighted by Gasteiger charge is -2.26. The van der Waals surface area contributed by atoms with Crippen molar-refractivity contribution in [2.75, 3.05) is 31.6 Å². The van der Waals surface area contributed by atoms with E-state index in [0.29, 0.717) is 43.0 Å². The molecule has 34 heavy (non-hydrogen) atoms. The molecule has 1 aliphatic heterocycles. The Morgan fingerprint density at radius 1 is 1.00 bits per heavy atom. The Hall–Kier alpha value is -2.33. The number of rotatable bonds is 6. The number of hydrogen-bond donors (Lipinski definition) is 2. The summed E-state index contributed by atoms with van der Waals surface area (Å²) in [5.74, 6) is 0.685. The first-order valence-corrected chi connectivity index (χ1v) is 13.7. The van der Waals surface area contributed by atoms with Crippen LogP contribution in [0.5, 0.6) is 0 Å². The fraction of sp³-hybridized carbons (Fsp3) is 0.440. The molecule has 1 aliphatic carbocycles. The number of ether oxygens (including phenoxy) is 1. The predicted molar refractivity (Wildman–Crippen MR) is 140 cm³/mol. The molecular formula is C25H32N4O3S2. The van der Waals surface area contributed by atoms with Crippen LogP contribution in [0.15, 0.2) is 58.5 Å². The fourth-order valence-electron chi connectivity index (χ4n) is 4.44. The van der Waals surface area contributed by atoms with Gasteiger partial charge in [0.25, 0.3) is 0 Å². The highest BCUT2D eigenvalue weighted by Gasteiger charge is 2.26. The maximum atomic E-state index is 12.7. The van der Waals surface area contributed by atoms with E-state index in [0.717, 1.165) is 11.3 Å². The smallest absolute Gasteiger partial charge is 0.243 e. The molecule has 0 bridgehead atoms. The van der Waals surface area contributed by atoms with Gasteiger partial charge in [0.1, 0.15) is 0 Å². The third kappa shape index (κ3) is 6.21. The van der Waals surface area contributed by atoms with E-state index in [1.807, 2.05) is 6.92 Å². The standard InChI is InChI=1S/C25H32N4O3S2/c1-19(20-7-9-22(10-8-20)21-5-3-2-4-6-21)27-28-25(33)26-23-11-13-24(14-12-23)34(30,31)29-15-17-32-18-16-29/h7-14,21H,2-6,15-18H2,1H3,(H2,26,28,33). The normalized spacial score (nSPS) is 18.4. The highest BCUT2D eigenvalue weighted by Crippen LogP contribution is 2.32. The zero-order chi connectivity index (χ0) is 24.0. The molecule has 182 valence electrons. The lowest BCUT2D eigenvalue weighted by Crippen LogP contribution is -2.40. The van der Waals surface area contributed by atoms with Crippen molar-refractivity contribution < 1.29 is 13.2 Å². The van der Waals surface area contributed by atoms with Gasteiger partial charge in [0, 0.05) is 18.8 Å². The summed E-state index contributed by atoms with van der Waals surface area (Å²) in [5.41, 5.74) is 6.86. The highest BCUT2D eigenvalue weighted by molar-refractivity contribution is 7.89. The minimum absolute atomic E-state index is 0.254. The van der Waals surface area contributed by atoms with Crippen LogP contribution in [0.4, 0.5) is 5.69 Å². The number of morpholine rings is 1. The first-order valence-electron chi connectivity index (χ1n) is 11.8. The molecule has 0 spiro atoms. The van der Waals surface area contributed by atoms with Crippen LogP contribution in [0.3, 0.4) is 0 Å². The van der Waals surface area contributed by atoms with Gasteiger partial charge in [-0.1, -0.05) is 43.5 Å². The number of anilines is 1. The average Bonchev–Trinajstić information content (AvgIpc) is 2.89. The highest BCUT2D eigenvalue weighted by atomic mass is 32.2. The van der Waals surface area contributed by atoms with Gasteiger partial charge >= 0.3 is 0 Å². The maximum Gasteiger partial charge on any atom is 0.243 e. The van der Waals surface area contributed by atoms with Crippen LogP contribution >= 0.6 is 12.2 Å². The van der Waals surface area contributed by atoms with Crippen molar-refractivity contribution in [3.63, 3.8) is 0 Å². The molecule has 2 aromatic carbocycles. The molecule has 0 radical (unpaired) electrons. The van der Waals surface area contributed by atoms with E-state index in [1.165, 1.54) is 42.0 Å². The molecule has 4 rings (SSSR count). The van der Waals surface area contributed by atoms with Crippen molar-refractivity contribution >= 4 is 38.8 Å². The van der Waals surface area contributed by atoms with Gasteiger partial charge in [0.2, 0.25) is 10.0 Å². The average molecular weight is 501 g/mol. The number of nitrogens with one attached hydrogen (secondary N) is 2. The van der Waals surface area contributed by atoms with E-state index >= 15 is 0 Å². The van der Waals surface area contributed by atoms with Gasteiger partial charge in [0.05, 0.1) is 23.8 Å². The molecule has 2 fully saturated rings. The van der Waals surface area contributed by atoms with Crippen LogP contribution < -0.4 is 10.7 Å². The Morgan fingerprint density at radius 2 is 1.65 bits per heavy atom. The number of hydrazone groups is 1. The van der Waals surface area contributed by atoms with E-state index in [9.17, 15) is 8.42 Å². The van der Waals surface area contributed by atoms with Crippen molar-refractivity contribution in [3.8, 4) is 0 Å². The second-order valence-electron chi connectivity index (χ2n) is 8.76. The molecule has 9 heteroatoms. The summed E-state index contributed by atoms with van der Waals surface area (Å²) in [6, 6.07) is 15.2. The van der Waals surface area contributed by atoms with Crippen LogP contribution in [0, 0.1) is 0 Å². The summed E-state index contributed by atoms with van der Waals surface area (Å²) in [6.45, 7) is 3.53. The third-order valence-electron chi connectivity index (χ3n) is 6.45. The van der Waals surface area contributed by atoms with Gasteiger partial charge in [-0.3, -0.25) is 5.43 Å². The molecule has 0 amide bonds. The van der Waals surface area contributed by atoms with Crippen molar-refractivity contribution in [3.05, 3.63) is 59.7 Å². The van der Waals surface area contributed by atoms with Crippen molar-refractivity contribution in [1.29, 1.82) is 0 Å². The van der Waals surface area contributed by atoms with Crippen LogP contribution in [-0.4, -0.2) is 49.9 Å². The van der Waals surface area contributed by atoms with Crippen molar-refractivity contribution in [1.82, 2.24) is 9.73 Å². The first kappa shape index (κ1) is 24.8. The molecular weight excluding hydrogens is 468 g/mol. The Labute approximate surface area is 207 Å². The van der Waals surface area contributed by atoms with Crippen LogP contribution in [-0.2, 0) is 14.8 Å². The third-order valence-corrected chi connectivity index (χ3v) is 8.56. The zero-order valence-electron chi connectivity index (χ0n) is 19.5. The van der Waals surface area contributed by atoms with Crippen LogP contribution in [0.2, 0.25) is 0 Å². The number of benzene rings is 2. The van der Waals surface area contributed by atoms with Gasteiger partial charge in [-0.2, -0.15) is 9.41 Å². The van der Waals surface area contributed by atoms with Gasteiger partial charge < -0.3 is 10.1 Å². The molecule has 2 aliphatic rings. The summed E-state index contributed by atoms with van der Waals surface area (Å²) < 4.78 is 32.2. The Morgan fingerprint density at radius 3 is 2.29 bits per heavy atom. The maximum absolute atomic E-state index is 12.7. The predicted octanol–water partition coefficient (Wildman–Crippen LogP) is 4.47. The lowest BCUT2D eigenvalue weighted by molar-refractivity contribution is 0.0730. The quantitative estimate of drug-likeness (QED) is 0.346. The molecule has 0 aromatic heterocycles. The van der Waals surface area contributed by atoms with Crippen molar-refractivity contribution in [2.45, 2.75) is 49.8 Å². The van der Waals surface area contributed by atoms with E-state index in [1.54, 1.807) is 24.3 Å². The number of sulfonamides is 1. The van der Waals surface area contributed by atoms with Crippen LogP contribution in [0.25, 0.3) is 0 Å². The second kappa shape index (κ2) is 11.4. The molecule has 1 saturated heterocycles.